The zero-order valence-electron chi connectivity index (χ0n) is 21.1. The first-order valence-corrected chi connectivity index (χ1v) is 12.3. The average Bonchev–Trinajstić information content (AvgIpc) is 3.38. The molecule has 31 heavy (non-hydrogen) atoms. The maximum atomic E-state index is 7.56. The monoisotopic (exact) mass is 440 g/mol. The van der Waals surface area contributed by atoms with E-state index in [-0.39, 0.29) is 22.7 Å². The molecule has 0 radical (unpaired) electrons. The summed E-state index contributed by atoms with van der Waals surface area (Å²) in [5, 5.41) is 6.16. The van der Waals surface area contributed by atoms with Crippen LogP contribution in [0.2, 0.25) is 5.04 Å². The number of hydrogen-bond donors (Lipinski definition) is 1. The van der Waals surface area contributed by atoms with Crippen LogP contribution >= 0.6 is 0 Å². The molecule has 0 saturated carbocycles. The first-order valence-electron chi connectivity index (χ1n) is 11.9. The molecule has 2 atom stereocenters. The fraction of sp³-hybridized carbons (Fsp3) is 0.375. The normalized spacial score (nSPS) is 21.3. The molecule has 1 saturated heterocycles. The third-order valence-electron chi connectivity index (χ3n) is 5.69. The molecule has 0 bridgehead atoms. The first-order chi connectivity index (χ1) is 16.0. The summed E-state index contributed by atoms with van der Waals surface area (Å²) in [5.41, 5.74) is 6.17. The second-order valence-electron chi connectivity index (χ2n) is 8.85. The smallest absolute Gasteiger partial charge is 0.261 e. The van der Waals surface area contributed by atoms with Crippen LogP contribution in [0, 0.1) is 0 Å². The number of nitrogens with two attached hydrogens (primary N) is 1. The molecule has 164 valence electrons. The van der Waals surface area contributed by atoms with Crippen LogP contribution in [0.25, 0.3) is 0 Å². The standard InChI is InChI=1S/C24H31N3O3Si/c1-24(2,3)31(18-11-7-5-8-12-18,19-13-9-6-10-14-19)30-22-17-28-16-21(22)29-23-20(25)15-27(4)26-23/h5-15,21-22H,16-17,25H2,1-4H3/t21-,22-/m0/s1/i4D3. The van der Waals surface area contributed by atoms with Crippen molar-refractivity contribution in [2.24, 2.45) is 6.98 Å². The Balaban J connectivity index is 1.71. The van der Waals surface area contributed by atoms with Crippen molar-refractivity contribution in [3.05, 3.63) is 66.9 Å². The zero-order valence-corrected chi connectivity index (χ0v) is 19.1. The van der Waals surface area contributed by atoms with Crippen LogP contribution in [-0.4, -0.2) is 43.5 Å². The summed E-state index contributed by atoms with van der Waals surface area (Å²) in [7, 11) is -2.82. The lowest BCUT2D eigenvalue weighted by atomic mass is 10.2. The van der Waals surface area contributed by atoms with Gasteiger partial charge >= 0.3 is 0 Å². The van der Waals surface area contributed by atoms with Crippen LogP contribution in [0.3, 0.4) is 0 Å². The lowest BCUT2D eigenvalue weighted by Crippen LogP contribution is -2.68. The number of nitrogens with zero attached hydrogens (tertiary/aromatic N) is 2. The zero-order chi connectivity index (χ0) is 24.6. The number of nitrogen functional groups attached to an aromatic ring is 1. The molecule has 0 spiro atoms. The van der Waals surface area contributed by atoms with E-state index in [1.165, 1.54) is 6.20 Å². The van der Waals surface area contributed by atoms with Crippen molar-refractivity contribution in [3.8, 4) is 5.88 Å². The number of rotatable bonds is 6. The quantitative estimate of drug-likeness (QED) is 0.597. The van der Waals surface area contributed by atoms with Gasteiger partial charge in [-0.15, -0.1) is 5.10 Å². The summed E-state index contributed by atoms with van der Waals surface area (Å²) in [4.78, 5) is 0. The fourth-order valence-corrected chi connectivity index (χ4v) is 8.95. The van der Waals surface area contributed by atoms with E-state index >= 15 is 0 Å². The van der Waals surface area contributed by atoms with Crippen molar-refractivity contribution in [3.63, 3.8) is 0 Å². The summed E-state index contributed by atoms with van der Waals surface area (Å²) in [6.45, 7) is 4.84. The van der Waals surface area contributed by atoms with E-state index in [1.807, 2.05) is 36.4 Å². The van der Waals surface area contributed by atoms with Crippen LogP contribution in [0.1, 0.15) is 24.9 Å². The molecule has 7 heteroatoms. The largest absolute Gasteiger partial charge is 0.467 e. The Hall–Kier alpha value is -2.61. The maximum Gasteiger partial charge on any atom is 0.261 e. The molecule has 2 N–H and O–H groups in total. The Bertz CT molecular complexity index is 1060. The van der Waals surface area contributed by atoms with Gasteiger partial charge in [0, 0.05) is 11.1 Å². The van der Waals surface area contributed by atoms with E-state index in [0.29, 0.717) is 13.2 Å². The van der Waals surface area contributed by atoms with Crippen molar-refractivity contribution in [2.75, 3.05) is 18.9 Å². The lowest BCUT2D eigenvalue weighted by Gasteiger charge is -2.45. The molecule has 1 aromatic heterocycles. The van der Waals surface area contributed by atoms with Crippen molar-refractivity contribution < 1.29 is 18.0 Å². The van der Waals surface area contributed by atoms with E-state index in [2.05, 4.69) is 50.1 Å². The number of aryl methyl sites for hydroxylation is 1. The van der Waals surface area contributed by atoms with Gasteiger partial charge in [0.1, 0.15) is 11.8 Å². The third-order valence-corrected chi connectivity index (χ3v) is 10.8. The van der Waals surface area contributed by atoms with Crippen molar-refractivity contribution >= 4 is 24.4 Å². The summed E-state index contributed by atoms with van der Waals surface area (Å²) >= 11 is 0. The summed E-state index contributed by atoms with van der Waals surface area (Å²) in [6.07, 6.45) is 0.392. The molecule has 2 heterocycles. The van der Waals surface area contributed by atoms with Crippen LogP contribution in [0.4, 0.5) is 5.69 Å². The minimum absolute atomic E-state index is 0.0719. The Morgan fingerprint density at radius 1 is 1.03 bits per heavy atom. The minimum atomic E-state index is -2.82. The van der Waals surface area contributed by atoms with Crippen molar-refractivity contribution in [1.29, 1.82) is 0 Å². The van der Waals surface area contributed by atoms with Gasteiger partial charge < -0.3 is 19.6 Å². The highest BCUT2D eigenvalue weighted by atomic mass is 28.4. The van der Waals surface area contributed by atoms with E-state index in [1.54, 1.807) is 0 Å². The molecule has 3 aromatic rings. The number of ether oxygens (including phenoxy) is 2. The molecule has 1 aliphatic heterocycles. The summed E-state index contributed by atoms with van der Waals surface area (Å²) < 4.78 is 42.5. The predicted octanol–water partition coefficient (Wildman–Crippen LogP) is 2.73. The molecule has 2 aromatic carbocycles. The Kier molecular flexibility index (Phi) is 4.93. The highest BCUT2D eigenvalue weighted by Crippen LogP contribution is 2.38. The van der Waals surface area contributed by atoms with E-state index in [9.17, 15) is 0 Å². The molecular weight excluding hydrogens is 406 g/mol. The van der Waals surface area contributed by atoms with Crippen LogP contribution in [-0.2, 0) is 16.1 Å². The molecular formula is C24H31N3O3Si. The van der Waals surface area contributed by atoms with Crippen molar-refractivity contribution in [1.82, 2.24) is 9.78 Å². The van der Waals surface area contributed by atoms with Gasteiger partial charge in [-0.3, -0.25) is 4.68 Å². The molecule has 1 aliphatic rings. The Morgan fingerprint density at radius 2 is 1.61 bits per heavy atom. The third kappa shape index (κ3) is 4.13. The predicted molar refractivity (Wildman–Crippen MR) is 125 cm³/mol. The van der Waals surface area contributed by atoms with Crippen LogP contribution in [0.15, 0.2) is 66.9 Å². The molecule has 4 rings (SSSR count). The Labute approximate surface area is 189 Å². The highest BCUT2D eigenvalue weighted by Gasteiger charge is 2.53. The van der Waals surface area contributed by atoms with Gasteiger partial charge in [-0.05, 0) is 15.4 Å². The number of aromatic nitrogens is 2. The first kappa shape index (κ1) is 18.0. The molecule has 6 nitrogen and oxygen atoms in total. The average molecular weight is 441 g/mol. The number of anilines is 1. The highest BCUT2D eigenvalue weighted by molar-refractivity contribution is 6.99. The molecule has 0 unspecified atom stereocenters. The fourth-order valence-electron chi connectivity index (χ4n) is 4.26. The van der Waals surface area contributed by atoms with Gasteiger partial charge in [0.2, 0.25) is 0 Å². The Morgan fingerprint density at radius 3 is 2.13 bits per heavy atom. The summed E-state index contributed by atoms with van der Waals surface area (Å²) in [6, 6.07) is 20.7. The van der Waals surface area contributed by atoms with Gasteiger partial charge in [0.25, 0.3) is 14.2 Å². The molecule has 0 amide bonds. The van der Waals surface area contributed by atoms with Gasteiger partial charge in [-0.2, -0.15) is 0 Å². The molecule has 1 fully saturated rings. The second-order valence-corrected chi connectivity index (χ2v) is 13.1. The minimum Gasteiger partial charge on any atom is -0.467 e. The second kappa shape index (κ2) is 8.49. The SMILES string of the molecule is [2H]C([2H])([2H])n1cc(N)c(O[C@H]2COC[C@@H]2O[Si](c2ccccc2)(c2ccccc2)C(C)(C)C)n1. The number of hydrogen-bond acceptors (Lipinski definition) is 5. The van der Waals surface area contributed by atoms with E-state index in [4.69, 9.17) is 23.7 Å². The lowest BCUT2D eigenvalue weighted by molar-refractivity contribution is 0.0808. The van der Waals surface area contributed by atoms with Gasteiger partial charge in [-0.1, -0.05) is 81.4 Å². The van der Waals surface area contributed by atoms with Crippen LogP contribution < -0.4 is 20.8 Å². The van der Waals surface area contributed by atoms with Gasteiger partial charge in [0.15, 0.2) is 6.10 Å². The maximum absolute atomic E-state index is 7.56. The number of benzene rings is 2. The van der Waals surface area contributed by atoms with E-state index in [0.717, 1.165) is 15.1 Å². The van der Waals surface area contributed by atoms with Crippen molar-refractivity contribution in [2.45, 2.75) is 38.0 Å². The topological polar surface area (TPSA) is 71.5 Å². The van der Waals surface area contributed by atoms with E-state index < -0.39 is 21.4 Å². The van der Waals surface area contributed by atoms with Crippen LogP contribution in [0.5, 0.6) is 5.88 Å². The summed E-state index contributed by atoms with van der Waals surface area (Å²) in [5.74, 6) is 0.0719. The van der Waals surface area contributed by atoms with Gasteiger partial charge in [-0.25, -0.2) is 0 Å². The molecule has 0 aliphatic carbocycles. The van der Waals surface area contributed by atoms with Gasteiger partial charge in [0.05, 0.1) is 19.4 Å².